The van der Waals surface area contributed by atoms with E-state index in [2.05, 4.69) is 4.98 Å². The second-order valence-corrected chi connectivity index (χ2v) is 7.80. The lowest BCUT2D eigenvalue weighted by atomic mass is 10.1. The lowest BCUT2D eigenvalue weighted by Crippen LogP contribution is -2.44. The van der Waals surface area contributed by atoms with E-state index in [0.717, 1.165) is 11.3 Å². The molecule has 0 amide bonds. The Bertz CT molecular complexity index is 659. The maximum atomic E-state index is 12.8. The van der Waals surface area contributed by atoms with Crippen molar-refractivity contribution in [2.75, 3.05) is 6.54 Å². The largest absolute Gasteiger partial charge is 0.481 e. The van der Waals surface area contributed by atoms with Crippen LogP contribution < -0.4 is 0 Å². The van der Waals surface area contributed by atoms with Crippen LogP contribution in [0.25, 0.3) is 0 Å². The van der Waals surface area contributed by atoms with Crippen molar-refractivity contribution in [2.45, 2.75) is 37.5 Å². The fourth-order valence-electron chi connectivity index (χ4n) is 3.31. The average Bonchev–Trinajstić information content (AvgIpc) is 2.97. The number of carboxylic acid groups (broad SMARTS) is 1. The Hall–Kier alpha value is -1.47. The van der Waals surface area contributed by atoms with Crippen LogP contribution in [0, 0.1) is 5.92 Å². The number of sulfonamides is 1. The highest BCUT2D eigenvalue weighted by Gasteiger charge is 2.44. The average molecular weight is 310 g/mol. The quantitative estimate of drug-likeness (QED) is 0.900. The first-order valence-electron chi connectivity index (χ1n) is 7.14. The summed E-state index contributed by atoms with van der Waals surface area (Å²) in [5, 5.41) is 8.43. The molecular weight excluding hydrogens is 292 g/mol. The number of fused-ring (bicyclic) bond motifs is 1. The number of nitrogens with zero attached hydrogens (tertiary/aromatic N) is 2. The predicted octanol–water partition coefficient (Wildman–Crippen LogP) is 1.02. The third-order valence-corrected chi connectivity index (χ3v) is 6.80. The van der Waals surface area contributed by atoms with Crippen LogP contribution in [0.4, 0.5) is 0 Å². The van der Waals surface area contributed by atoms with E-state index in [4.69, 9.17) is 0 Å². The van der Waals surface area contributed by atoms with Gasteiger partial charge in [0.05, 0.1) is 11.2 Å². The summed E-state index contributed by atoms with van der Waals surface area (Å²) in [5.74, 6) is -1.77. The number of aliphatic carboxylic acids is 1. The molecule has 0 saturated heterocycles. The Balaban J connectivity index is 1.85. The zero-order valence-electron chi connectivity index (χ0n) is 11.6. The Morgan fingerprint density at radius 3 is 2.95 bits per heavy atom. The molecule has 1 saturated carbocycles. The van der Waals surface area contributed by atoms with E-state index in [9.17, 15) is 18.3 Å². The van der Waals surface area contributed by atoms with E-state index < -0.39 is 27.2 Å². The van der Waals surface area contributed by atoms with E-state index in [-0.39, 0.29) is 0 Å². The standard InChI is InChI=1S/C14H18N2O4S/c17-14(18)11-4-1-5-13(11)21(19,20)16-8-6-12-10(9-16)3-2-7-15-12/h2-3,7,11,13H,1,4-6,8-9H2,(H,17,18). The first-order valence-corrected chi connectivity index (χ1v) is 8.65. The zero-order chi connectivity index (χ0) is 15.0. The second kappa shape index (κ2) is 5.38. The van der Waals surface area contributed by atoms with Gasteiger partial charge in [0.25, 0.3) is 0 Å². The van der Waals surface area contributed by atoms with Gasteiger partial charge in [0.15, 0.2) is 0 Å². The molecule has 6 nitrogen and oxygen atoms in total. The second-order valence-electron chi connectivity index (χ2n) is 5.65. The number of carbonyl (C=O) groups is 1. The SMILES string of the molecule is O=C(O)C1CCCC1S(=O)(=O)N1CCc2ncccc2C1. The highest BCUT2D eigenvalue weighted by molar-refractivity contribution is 7.89. The van der Waals surface area contributed by atoms with Gasteiger partial charge in [0.1, 0.15) is 0 Å². The molecule has 7 heteroatoms. The molecule has 1 fully saturated rings. The fourth-order valence-corrected chi connectivity index (χ4v) is 5.49. The van der Waals surface area contributed by atoms with Crippen molar-refractivity contribution in [3.63, 3.8) is 0 Å². The molecule has 0 bridgehead atoms. The Labute approximate surface area is 123 Å². The molecule has 1 N–H and O–H groups in total. The molecule has 1 aromatic heterocycles. The maximum Gasteiger partial charge on any atom is 0.307 e. The Kier molecular flexibility index (Phi) is 3.71. The molecule has 2 atom stereocenters. The Morgan fingerprint density at radius 2 is 2.19 bits per heavy atom. The van der Waals surface area contributed by atoms with Crippen molar-refractivity contribution in [1.82, 2.24) is 9.29 Å². The van der Waals surface area contributed by atoms with Crippen LogP contribution >= 0.6 is 0 Å². The molecule has 114 valence electrons. The highest BCUT2D eigenvalue weighted by Crippen LogP contribution is 2.34. The summed E-state index contributed by atoms with van der Waals surface area (Å²) in [6, 6.07) is 3.68. The summed E-state index contributed by atoms with van der Waals surface area (Å²) in [6.45, 7) is 0.684. The molecule has 1 aromatic rings. The molecule has 21 heavy (non-hydrogen) atoms. The zero-order valence-corrected chi connectivity index (χ0v) is 12.4. The number of carboxylic acids is 1. The normalized spacial score (nSPS) is 26.5. The summed E-state index contributed by atoms with van der Waals surface area (Å²) in [6.07, 6.45) is 3.84. The van der Waals surface area contributed by atoms with Gasteiger partial charge in [-0.3, -0.25) is 9.78 Å². The first-order chi connectivity index (χ1) is 10.00. The minimum Gasteiger partial charge on any atom is -0.481 e. The predicted molar refractivity (Wildman–Crippen MR) is 76.0 cm³/mol. The van der Waals surface area contributed by atoms with E-state index in [1.807, 2.05) is 6.07 Å². The topological polar surface area (TPSA) is 87.6 Å². The summed E-state index contributed by atoms with van der Waals surface area (Å²) in [5.41, 5.74) is 1.85. The Morgan fingerprint density at radius 1 is 1.38 bits per heavy atom. The molecule has 1 aliphatic heterocycles. The fraction of sp³-hybridized carbons (Fsp3) is 0.571. The van der Waals surface area contributed by atoms with Crippen LogP contribution in [0.5, 0.6) is 0 Å². The van der Waals surface area contributed by atoms with Gasteiger partial charge in [-0.2, -0.15) is 4.31 Å². The number of rotatable bonds is 3. The van der Waals surface area contributed by atoms with Crippen molar-refractivity contribution in [1.29, 1.82) is 0 Å². The van der Waals surface area contributed by atoms with E-state index in [1.165, 1.54) is 4.31 Å². The molecule has 3 rings (SSSR count). The van der Waals surface area contributed by atoms with Gasteiger partial charge in [-0.05, 0) is 24.5 Å². The maximum absolute atomic E-state index is 12.8. The summed E-state index contributed by atoms with van der Waals surface area (Å²) in [4.78, 5) is 15.5. The molecule has 0 radical (unpaired) electrons. The minimum atomic E-state index is -3.57. The third kappa shape index (κ3) is 2.55. The van der Waals surface area contributed by atoms with Crippen LogP contribution in [0.2, 0.25) is 0 Å². The van der Waals surface area contributed by atoms with Gasteiger partial charge in [-0.15, -0.1) is 0 Å². The molecule has 2 aliphatic rings. The first kappa shape index (κ1) is 14.5. The van der Waals surface area contributed by atoms with Crippen molar-refractivity contribution in [3.8, 4) is 0 Å². The smallest absolute Gasteiger partial charge is 0.307 e. The van der Waals surface area contributed by atoms with Crippen molar-refractivity contribution in [3.05, 3.63) is 29.6 Å². The molecule has 0 spiro atoms. The third-order valence-electron chi connectivity index (χ3n) is 4.44. The number of pyridine rings is 1. The van der Waals surface area contributed by atoms with Gasteiger partial charge in [0, 0.05) is 31.4 Å². The van der Waals surface area contributed by atoms with E-state index in [1.54, 1.807) is 12.3 Å². The van der Waals surface area contributed by atoms with Crippen LogP contribution in [-0.4, -0.2) is 40.6 Å². The lowest BCUT2D eigenvalue weighted by molar-refractivity contribution is -0.141. The van der Waals surface area contributed by atoms with Crippen LogP contribution in [-0.2, 0) is 27.8 Å². The monoisotopic (exact) mass is 310 g/mol. The molecular formula is C14H18N2O4S. The molecule has 0 aromatic carbocycles. The summed E-state index contributed by atoms with van der Waals surface area (Å²) in [7, 11) is -3.57. The minimum absolute atomic E-state index is 0.300. The van der Waals surface area contributed by atoms with Crippen molar-refractivity contribution in [2.24, 2.45) is 5.92 Å². The number of aromatic nitrogens is 1. The van der Waals surface area contributed by atoms with Gasteiger partial charge < -0.3 is 5.11 Å². The summed E-state index contributed by atoms with van der Waals surface area (Å²) < 4.78 is 26.9. The van der Waals surface area contributed by atoms with Crippen LogP contribution in [0.15, 0.2) is 18.3 Å². The molecule has 2 unspecified atom stereocenters. The van der Waals surface area contributed by atoms with Crippen molar-refractivity contribution < 1.29 is 18.3 Å². The lowest BCUT2D eigenvalue weighted by Gasteiger charge is -2.31. The van der Waals surface area contributed by atoms with Crippen LogP contribution in [0.1, 0.15) is 30.5 Å². The van der Waals surface area contributed by atoms with E-state index in [0.29, 0.717) is 38.8 Å². The highest BCUT2D eigenvalue weighted by atomic mass is 32.2. The van der Waals surface area contributed by atoms with Gasteiger partial charge in [-0.25, -0.2) is 8.42 Å². The van der Waals surface area contributed by atoms with Crippen LogP contribution in [0.3, 0.4) is 0 Å². The number of hydrogen-bond acceptors (Lipinski definition) is 4. The van der Waals surface area contributed by atoms with E-state index >= 15 is 0 Å². The molecule has 2 heterocycles. The summed E-state index contributed by atoms with van der Waals surface area (Å²) >= 11 is 0. The molecule has 1 aliphatic carbocycles. The number of hydrogen-bond donors (Lipinski definition) is 1. The van der Waals surface area contributed by atoms with Gasteiger partial charge in [0.2, 0.25) is 10.0 Å². The van der Waals surface area contributed by atoms with Gasteiger partial charge in [-0.1, -0.05) is 12.5 Å². The van der Waals surface area contributed by atoms with Crippen molar-refractivity contribution >= 4 is 16.0 Å². The van der Waals surface area contributed by atoms with Gasteiger partial charge >= 0.3 is 5.97 Å².